The lowest BCUT2D eigenvalue weighted by molar-refractivity contribution is -0.148. The molecule has 2 aliphatic heterocycles. The molecule has 0 aromatic heterocycles. The standard InChI is InChI=1S/C12H19NO5/c14-11(6-9-2-1-4-17-9)13-3-5-18-10(8-13)7-12(15)16/h9-10H,1-8H2,(H,15,16)/t9-,10-/m1/s1. The molecule has 0 aromatic rings. The smallest absolute Gasteiger partial charge is 0.306 e. The van der Waals surface area contributed by atoms with Crippen molar-refractivity contribution < 1.29 is 24.2 Å². The molecule has 2 rings (SSSR count). The third kappa shape index (κ3) is 3.68. The molecule has 6 nitrogen and oxygen atoms in total. The summed E-state index contributed by atoms with van der Waals surface area (Å²) in [5, 5.41) is 8.72. The second kappa shape index (κ2) is 6.15. The minimum atomic E-state index is -0.895. The lowest BCUT2D eigenvalue weighted by Crippen LogP contribution is -2.47. The Morgan fingerprint density at radius 2 is 1.94 bits per heavy atom. The van der Waals surface area contributed by atoms with Gasteiger partial charge in [-0.1, -0.05) is 0 Å². The molecular formula is C12H19NO5. The summed E-state index contributed by atoms with van der Waals surface area (Å²) in [4.78, 5) is 24.3. The van der Waals surface area contributed by atoms with Crippen molar-refractivity contribution in [3.63, 3.8) is 0 Å². The molecule has 2 fully saturated rings. The molecule has 2 atom stereocenters. The van der Waals surface area contributed by atoms with Crippen molar-refractivity contribution in [3.8, 4) is 0 Å². The van der Waals surface area contributed by atoms with E-state index >= 15 is 0 Å². The zero-order valence-electron chi connectivity index (χ0n) is 10.3. The Bertz CT molecular complexity index is 314. The topological polar surface area (TPSA) is 76.1 Å². The van der Waals surface area contributed by atoms with Gasteiger partial charge in [-0.3, -0.25) is 9.59 Å². The first-order chi connectivity index (χ1) is 8.65. The van der Waals surface area contributed by atoms with Gasteiger partial charge in [0.15, 0.2) is 0 Å². The molecule has 0 unspecified atom stereocenters. The predicted octanol–water partition coefficient (Wildman–Crippen LogP) is 0.258. The number of morpholine rings is 1. The molecule has 0 saturated carbocycles. The van der Waals surface area contributed by atoms with Crippen molar-refractivity contribution in [2.24, 2.45) is 0 Å². The lowest BCUT2D eigenvalue weighted by Gasteiger charge is -2.32. The van der Waals surface area contributed by atoms with Gasteiger partial charge in [-0.05, 0) is 12.8 Å². The van der Waals surface area contributed by atoms with Crippen molar-refractivity contribution in [2.45, 2.75) is 37.9 Å². The number of carboxylic acid groups (broad SMARTS) is 1. The zero-order chi connectivity index (χ0) is 13.0. The highest BCUT2D eigenvalue weighted by atomic mass is 16.5. The monoisotopic (exact) mass is 257 g/mol. The number of aliphatic carboxylic acids is 1. The fourth-order valence-electron chi connectivity index (χ4n) is 2.39. The number of nitrogens with zero attached hydrogens (tertiary/aromatic N) is 1. The third-order valence-corrected chi connectivity index (χ3v) is 3.32. The largest absolute Gasteiger partial charge is 0.481 e. The van der Waals surface area contributed by atoms with Crippen LogP contribution in [-0.2, 0) is 19.1 Å². The molecule has 1 amide bonds. The molecule has 0 bridgehead atoms. The van der Waals surface area contributed by atoms with Gasteiger partial charge in [-0.25, -0.2) is 0 Å². The van der Waals surface area contributed by atoms with Gasteiger partial charge < -0.3 is 19.5 Å². The fourth-order valence-corrected chi connectivity index (χ4v) is 2.39. The molecule has 18 heavy (non-hydrogen) atoms. The van der Waals surface area contributed by atoms with E-state index in [4.69, 9.17) is 14.6 Å². The Hall–Kier alpha value is -1.14. The maximum atomic E-state index is 12.0. The van der Waals surface area contributed by atoms with Crippen LogP contribution in [-0.4, -0.2) is 60.4 Å². The number of hydrogen-bond acceptors (Lipinski definition) is 4. The molecule has 0 aromatic carbocycles. The van der Waals surface area contributed by atoms with Crippen LogP contribution in [0.15, 0.2) is 0 Å². The van der Waals surface area contributed by atoms with Crippen molar-refractivity contribution in [3.05, 3.63) is 0 Å². The highest BCUT2D eigenvalue weighted by Crippen LogP contribution is 2.18. The zero-order valence-corrected chi connectivity index (χ0v) is 10.3. The summed E-state index contributed by atoms with van der Waals surface area (Å²) in [7, 11) is 0. The van der Waals surface area contributed by atoms with Gasteiger partial charge in [0.2, 0.25) is 5.91 Å². The molecule has 0 spiro atoms. The molecule has 0 radical (unpaired) electrons. The Kier molecular flexibility index (Phi) is 4.54. The normalized spacial score (nSPS) is 28.3. The van der Waals surface area contributed by atoms with Crippen LogP contribution < -0.4 is 0 Å². The summed E-state index contributed by atoms with van der Waals surface area (Å²) in [5.41, 5.74) is 0. The number of rotatable bonds is 4. The molecule has 6 heteroatoms. The van der Waals surface area contributed by atoms with Crippen LogP contribution >= 0.6 is 0 Å². The molecule has 2 saturated heterocycles. The van der Waals surface area contributed by atoms with Crippen molar-refractivity contribution in [1.29, 1.82) is 0 Å². The third-order valence-electron chi connectivity index (χ3n) is 3.32. The molecular weight excluding hydrogens is 238 g/mol. The van der Waals surface area contributed by atoms with E-state index in [1.54, 1.807) is 4.90 Å². The van der Waals surface area contributed by atoms with Gasteiger partial charge in [0.1, 0.15) is 0 Å². The second-order valence-electron chi connectivity index (χ2n) is 4.77. The summed E-state index contributed by atoms with van der Waals surface area (Å²) >= 11 is 0. The summed E-state index contributed by atoms with van der Waals surface area (Å²) in [6, 6.07) is 0. The molecule has 2 aliphatic rings. The van der Waals surface area contributed by atoms with Crippen molar-refractivity contribution in [2.75, 3.05) is 26.3 Å². The van der Waals surface area contributed by atoms with Crippen LogP contribution in [0.4, 0.5) is 0 Å². The van der Waals surface area contributed by atoms with Crippen LogP contribution in [0.25, 0.3) is 0 Å². The number of hydrogen-bond donors (Lipinski definition) is 1. The Balaban J connectivity index is 1.79. The minimum absolute atomic E-state index is 0.0401. The molecule has 2 heterocycles. The van der Waals surface area contributed by atoms with E-state index < -0.39 is 5.97 Å². The quantitative estimate of drug-likeness (QED) is 0.781. The van der Waals surface area contributed by atoms with E-state index in [0.717, 1.165) is 19.4 Å². The number of carboxylic acids is 1. The minimum Gasteiger partial charge on any atom is -0.481 e. The summed E-state index contributed by atoms with van der Waals surface area (Å²) in [6.07, 6.45) is 1.96. The average Bonchev–Trinajstić information content (AvgIpc) is 2.81. The lowest BCUT2D eigenvalue weighted by atomic mass is 10.1. The van der Waals surface area contributed by atoms with Crippen LogP contribution in [0.3, 0.4) is 0 Å². The van der Waals surface area contributed by atoms with Gasteiger partial charge in [-0.15, -0.1) is 0 Å². The number of amides is 1. The van der Waals surface area contributed by atoms with Gasteiger partial charge in [0.05, 0.1) is 31.7 Å². The highest BCUT2D eigenvalue weighted by Gasteiger charge is 2.28. The van der Waals surface area contributed by atoms with Crippen molar-refractivity contribution in [1.82, 2.24) is 4.90 Å². The van der Waals surface area contributed by atoms with Crippen molar-refractivity contribution >= 4 is 11.9 Å². The summed E-state index contributed by atoms with van der Waals surface area (Å²) < 4.78 is 10.8. The first kappa shape index (κ1) is 13.3. The predicted molar refractivity (Wildman–Crippen MR) is 62.2 cm³/mol. The summed E-state index contributed by atoms with van der Waals surface area (Å²) in [5.74, 6) is -0.853. The van der Waals surface area contributed by atoms with E-state index in [1.807, 2.05) is 0 Å². The van der Waals surface area contributed by atoms with Crippen LogP contribution in [0, 0.1) is 0 Å². The van der Waals surface area contributed by atoms with E-state index in [-0.39, 0.29) is 24.5 Å². The fraction of sp³-hybridized carbons (Fsp3) is 0.833. The maximum Gasteiger partial charge on any atom is 0.306 e. The Morgan fingerprint density at radius 3 is 2.61 bits per heavy atom. The maximum absolute atomic E-state index is 12.0. The number of carbonyl (C=O) groups is 2. The van der Waals surface area contributed by atoms with Gasteiger partial charge >= 0.3 is 5.97 Å². The van der Waals surface area contributed by atoms with E-state index in [0.29, 0.717) is 26.1 Å². The highest BCUT2D eigenvalue weighted by molar-refractivity contribution is 5.77. The second-order valence-corrected chi connectivity index (χ2v) is 4.77. The molecule has 0 aliphatic carbocycles. The SMILES string of the molecule is O=C(O)C[C@@H]1CN(C(=O)C[C@H]2CCCO2)CCO1. The summed E-state index contributed by atoms with van der Waals surface area (Å²) in [6.45, 7) is 2.07. The number of ether oxygens (including phenoxy) is 2. The first-order valence-electron chi connectivity index (χ1n) is 6.38. The van der Waals surface area contributed by atoms with E-state index in [1.165, 1.54) is 0 Å². The molecule has 1 N–H and O–H groups in total. The molecule has 102 valence electrons. The average molecular weight is 257 g/mol. The number of carbonyl (C=O) groups excluding carboxylic acids is 1. The van der Waals surface area contributed by atoms with Gasteiger partial charge in [0.25, 0.3) is 0 Å². The Labute approximate surface area is 106 Å². The van der Waals surface area contributed by atoms with E-state index in [2.05, 4.69) is 0 Å². The van der Waals surface area contributed by atoms with Gasteiger partial charge in [0, 0.05) is 19.7 Å². The first-order valence-corrected chi connectivity index (χ1v) is 6.38. The van der Waals surface area contributed by atoms with Crippen LogP contribution in [0.5, 0.6) is 0 Å². The Morgan fingerprint density at radius 1 is 1.17 bits per heavy atom. The van der Waals surface area contributed by atoms with E-state index in [9.17, 15) is 9.59 Å². The van der Waals surface area contributed by atoms with Crippen LogP contribution in [0.1, 0.15) is 25.7 Å². The van der Waals surface area contributed by atoms with Gasteiger partial charge in [-0.2, -0.15) is 0 Å². The van der Waals surface area contributed by atoms with Crippen LogP contribution in [0.2, 0.25) is 0 Å².